The minimum absolute atomic E-state index is 0. The van der Waals surface area contributed by atoms with Gasteiger partial charge in [0.05, 0.1) is 52.9 Å². The molecule has 16 nitrogen and oxygen atoms in total. The largest absolute Gasteiger partial charge is 0.481 e. The summed E-state index contributed by atoms with van der Waals surface area (Å²) in [5.74, 6) is -1.51. The van der Waals surface area contributed by atoms with Crippen LogP contribution in [0.1, 0.15) is 206 Å². The zero-order valence-electron chi connectivity index (χ0n) is 77.6. The van der Waals surface area contributed by atoms with Crippen LogP contribution < -0.4 is 11.1 Å². The number of carboxylic acid groups (broad SMARTS) is 2. The van der Waals surface area contributed by atoms with Crippen LogP contribution in [0.2, 0.25) is 0 Å². The number of hydrogen-bond acceptors (Lipinski definition) is 13. The van der Waals surface area contributed by atoms with E-state index in [9.17, 15) is 14.4 Å². The topological polar surface area (TPSA) is 213 Å². The standard InChI is InChI=1S/C58H70BrNO8.C53H62BrNO6.FH/c1-56(2,3)68-55(63)60-29-8-7-26-57(4)50-36-42(41-16-14-40(15-17-41)12-9-13-54(61)62)18-22-46(50)47-23-19-43(37-51(47)57)44-20-24-48-49-25-21-45(59)39-53(49)58(52(48)38-44,27-10-30-66-34-32-64-5)28-11-31-67-35-33-65-6;1-52(23-4-5-26-55)47-33-39(38-13-11-37(12-14-38)9-6-10-51(56)57)15-19-43(47)44-20-16-40(34-48(44)52)41-17-21-45-46-22-18-42(54)36-50(46)53(49(45)35-41,24-7-27-60-31-29-58-2)25-8-28-61-32-30-59-3;/h14-25,36-39H,7-13,26-35H2,1-6H3,(H,60,63)(H,61,62);11-22,33-36H,4-10,23-32,55H2,1-3H3,(H,56,57);1H. The third-order valence-electron chi connectivity index (χ3n) is 26.8. The maximum atomic E-state index is 12.5. The van der Waals surface area contributed by atoms with Crippen molar-refractivity contribution in [3.63, 3.8) is 0 Å². The van der Waals surface area contributed by atoms with Gasteiger partial charge in [0.2, 0.25) is 0 Å². The molecule has 19 heteroatoms. The zero-order valence-corrected chi connectivity index (χ0v) is 80.7. The number of benzene rings is 10. The van der Waals surface area contributed by atoms with E-state index in [4.69, 9.17) is 58.6 Å². The lowest BCUT2D eigenvalue weighted by Gasteiger charge is -2.33. The van der Waals surface area contributed by atoms with Crippen molar-refractivity contribution in [2.45, 2.75) is 190 Å². The molecule has 10 aromatic rings. The lowest BCUT2D eigenvalue weighted by molar-refractivity contribution is -0.138. The Kier molecular flexibility index (Phi) is 36.2. The van der Waals surface area contributed by atoms with Gasteiger partial charge in [0.25, 0.3) is 0 Å². The second-order valence-corrected chi connectivity index (χ2v) is 38.5. The highest BCUT2D eigenvalue weighted by Crippen LogP contribution is 2.60. The van der Waals surface area contributed by atoms with Crippen LogP contribution in [0.5, 0.6) is 0 Å². The molecule has 10 aromatic carbocycles. The number of amides is 1. The van der Waals surface area contributed by atoms with Crippen molar-refractivity contribution >= 4 is 49.9 Å². The number of carbonyl (C=O) groups excluding carboxylic acids is 1. The summed E-state index contributed by atoms with van der Waals surface area (Å²) in [5.41, 5.74) is 37.6. The van der Waals surface area contributed by atoms with Crippen LogP contribution in [-0.4, -0.2) is 155 Å². The highest BCUT2D eigenvalue weighted by atomic mass is 79.9. The third kappa shape index (κ3) is 23.9. The number of fused-ring (bicyclic) bond motifs is 12. The minimum atomic E-state index is -0.762. The number of halogens is 3. The van der Waals surface area contributed by atoms with Gasteiger partial charge in [-0.1, -0.05) is 192 Å². The fourth-order valence-corrected chi connectivity index (χ4v) is 21.1. The Morgan fingerprint density at radius 1 is 0.338 bits per heavy atom. The molecule has 4 aliphatic carbocycles. The molecule has 0 heterocycles. The fourth-order valence-electron chi connectivity index (χ4n) is 20.3. The van der Waals surface area contributed by atoms with Gasteiger partial charge in [-0.3, -0.25) is 14.3 Å². The van der Waals surface area contributed by atoms with Gasteiger partial charge in [0.1, 0.15) is 5.60 Å². The fraction of sp³-hybridized carbons (Fsp3) is 0.432. The highest BCUT2D eigenvalue weighted by molar-refractivity contribution is 9.10. The molecule has 0 bridgehead atoms. The molecule has 14 rings (SSSR count). The van der Waals surface area contributed by atoms with Crippen LogP contribution in [0.3, 0.4) is 0 Å². The Labute approximate surface area is 786 Å². The Morgan fingerprint density at radius 3 is 0.915 bits per heavy atom. The third-order valence-corrected chi connectivity index (χ3v) is 27.8. The molecule has 130 heavy (non-hydrogen) atoms. The first-order valence-corrected chi connectivity index (χ1v) is 48.1. The van der Waals surface area contributed by atoms with E-state index in [-0.39, 0.29) is 45.3 Å². The van der Waals surface area contributed by atoms with E-state index < -0.39 is 17.5 Å². The predicted octanol–water partition coefficient (Wildman–Crippen LogP) is 25.2. The van der Waals surface area contributed by atoms with Gasteiger partial charge < -0.3 is 63.9 Å². The number of carboxylic acids is 2. The van der Waals surface area contributed by atoms with E-state index >= 15 is 0 Å². The first kappa shape index (κ1) is 99.9. The van der Waals surface area contributed by atoms with Crippen molar-refractivity contribution in [3.05, 3.63) is 259 Å². The maximum absolute atomic E-state index is 12.5. The van der Waals surface area contributed by atoms with Crippen molar-refractivity contribution in [3.8, 4) is 89.0 Å². The lowest BCUT2D eigenvalue weighted by atomic mass is 9.71. The molecule has 5 N–H and O–H groups in total. The van der Waals surface area contributed by atoms with E-state index in [1.807, 2.05) is 20.8 Å². The molecule has 1 amide bonds. The van der Waals surface area contributed by atoms with Crippen molar-refractivity contribution in [1.29, 1.82) is 0 Å². The molecule has 0 fully saturated rings. The summed E-state index contributed by atoms with van der Waals surface area (Å²) in [6.07, 6.45) is 15.9. The number of nitrogens with two attached hydrogens (primary N) is 1. The Balaban J connectivity index is 0.000000235. The summed E-state index contributed by atoms with van der Waals surface area (Å²) in [6.45, 7) is 19.1. The van der Waals surface area contributed by atoms with E-state index in [0.29, 0.717) is 105 Å². The van der Waals surface area contributed by atoms with E-state index in [1.165, 1.54) is 122 Å². The number of carbonyl (C=O) groups is 3. The van der Waals surface area contributed by atoms with Crippen LogP contribution in [0, 0.1) is 0 Å². The molecule has 0 aliphatic heterocycles. The smallest absolute Gasteiger partial charge is 0.407 e. The Hall–Kier alpha value is -9.06. The summed E-state index contributed by atoms with van der Waals surface area (Å²) in [5, 5.41) is 21.2. The molecule has 2 unspecified atom stereocenters. The average molecular weight is 1900 g/mol. The van der Waals surface area contributed by atoms with Crippen LogP contribution >= 0.6 is 31.9 Å². The minimum Gasteiger partial charge on any atom is -0.481 e. The molecule has 0 aromatic heterocycles. The van der Waals surface area contributed by atoms with Crippen LogP contribution in [0.15, 0.2) is 203 Å². The highest BCUT2D eigenvalue weighted by Gasteiger charge is 2.47. The Bertz CT molecular complexity index is 5420. The molecule has 0 radical (unpaired) electrons. The number of alkyl carbamates (subject to hydrolysis) is 1. The lowest BCUT2D eigenvalue weighted by Crippen LogP contribution is -2.33. The molecule has 0 saturated heterocycles. The van der Waals surface area contributed by atoms with Gasteiger partial charge in [-0.2, -0.15) is 0 Å². The number of hydrogen-bond donors (Lipinski definition) is 4. The van der Waals surface area contributed by atoms with Crippen molar-refractivity contribution in [2.24, 2.45) is 5.73 Å². The van der Waals surface area contributed by atoms with Gasteiger partial charge >= 0.3 is 18.0 Å². The SMILES string of the molecule is COCCOCCCC1(CCCOCCOC)c2cc(Br)ccc2-c2ccc(-c3ccc4c(c3)C(C)(CCCCN)c3cc(-c5ccc(CCCC(=O)O)cc5)ccc3-4)cc21.COCCOCCCC1(CCCOCCOC)c2cc(Br)ccc2-c2ccc(-c3ccc4c(c3)C(C)(CCCCNC(=O)OC(C)(C)C)c3cc(-c5ccc(CCCC(=O)O)cc5)ccc3-4)cc21.F. The number of ether oxygens (including phenoxy) is 9. The number of nitrogens with one attached hydrogen (secondary N) is 1. The number of unbranched alkanes of at least 4 members (excludes halogenated alkanes) is 2. The number of methoxy groups -OCH3 is 4. The molecular formula is C111H133Br2FN2O14. The Morgan fingerprint density at radius 2 is 0.615 bits per heavy atom. The summed E-state index contributed by atoms with van der Waals surface area (Å²) in [6, 6.07) is 73.1. The number of aliphatic carboxylic acids is 2. The maximum Gasteiger partial charge on any atom is 0.407 e. The van der Waals surface area contributed by atoms with E-state index in [1.54, 1.807) is 28.4 Å². The van der Waals surface area contributed by atoms with Crippen LogP contribution in [0.4, 0.5) is 9.50 Å². The van der Waals surface area contributed by atoms with Gasteiger partial charge in [0.15, 0.2) is 0 Å². The quantitative estimate of drug-likeness (QED) is 0.0261. The summed E-state index contributed by atoms with van der Waals surface area (Å²) < 4.78 is 52.9. The molecular weight excluding hydrogens is 1760 g/mol. The van der Waals surface area contributed by atoms with Gasteiger partial charge in [-0.15, -0.1) is 0 Å². The monoisotopic (exact) mass is 1890 g/mol. The predicted molar refractivity (Wildman–Crippen MR) is 529 cm³/mol. The second-order valence-electron chi connectivity index (χ2n) is 36.6. The van der Waals surface area contributed by atoms with Gasteiger partial charge in [-0.05, 0) is 335 Å². The summed E-state index contributed by atoms with van der Waals surface area (Å²) in [7, 11) is 6.84. The van der Waals surface area contributed by atoms with Crippen LogP contribution in [-0.2, 0) is 86.7 Å². The van der Waals surface area contributed by atoms with Crippen molar-refractivity contribution in [1.82, 2.24) is 5.32 Å². The molecule has 692 valence electrons. The second kappa shape index (κ2) is 47.0. The molecule has 2 atom stereocenters. The van der Waals surface area contributed by atoms with E-state index in [0.717, 1.165) is 134 Å². The van der Waals surface area contributed by atoms with Crippen molar-refractivity contribution < 1.29 is 71.9 Å². The average Bonchev–Trinajstić information content (AvgIpc) is 1.57. The normalized spacial score (nSPS) is 15.4. The summed E-state index contributed by atoms with van der Waals surface area (Å²) in [4.78, 5) is 34.7. The molecule has 4 aliphatic rings. The van der Waals surface area contributed by atoms with Gasteiger partial charge in [0, 0.05) is 105 Å². The van der Waals surface area contributed by atoms with E-state index in [2.05, 4.69) is 245 Å². The first-order valence-electron chi connectivity index (χ1n) is 46.5. The number of rotatable bonds is 49. The molecule has 0 saturated carbocycles. The number of aryl methyl sites for hydroxylation is 2. The molecule has 0 spiro atoms. The summed E-state index contributed by atoms with van der Waals surface area (Å²) >= 11 is 7.68. The first-order chi connectivity index (χ1) is 62.5. The van der Waals surface area contributed by atoms with Gasteiger partial charge in [-0.25, -0.2) is 4.79 Å². The zero-order chi connectivity index (χ0) is 91.1. The van der Waals surface area contributed by atoms with Crippen LogP contribution in [0.25, 0.3) is 89.0 Å². The van der Waals surface area contributed by atoms with Crippen molar-refractivity contribution in [2.75, 3.05) is 121 Å².